The van der Waals surface area contributed by atoms with Crippen LogP contribution in [0.15, 0.2) is 18.2 Å². The van der Waals surface area contributed by atoms with Crippen LogP contribution in [-0.4, -0.2) is 15.8 Å². The van der Waals surface area contributed by atoms with E-state index in [4.69, 9.17) is 11.6 Å². The lowest BCUT2D eigenvalue weighted by Gasteiger charge is -2.11. The average molecular weight is 264 g/mol. The lowest BCUT2D eigenvalue weighted by molar-refractivity contribution is 0.491. The van der Waals surface area contributed by atoms with Crippen molar-refractivity contribution in [2.24, 2.45) is 13.0 Å². The first-order valence-electron chi connectivity index (χ1n) is 6.50. The van der Waals surface area contributed by atoms with Gasteiger partial charge in [0, 0.05) is 25.0 Å². The van der Waals surface area contributed by atoms with E-state index < -0.39 is 0 Å². The van der Waals surface area contributed by atoms with Crippen molar-refractivity contribution in [1.82, 2.24) is 15.1 Å². The zero-order valence-electron chi connectivity index (χ0n) is 10.8. The predicted molar refractivity (Wildman–Crippen MR) is 74.7 cm³/mol. The minimum absolute atomic E-state index is 0.574. The van der Waals surface area contributed by atoms with Crippen molar-refractivity contribution >= 4 is 22.5 Å². The number of fused-ring (bicyclic) bond motifs is 1. The third kappa shape index (κ3) is 2.13. The van der Waals surface area contributed by atoms with Gasteiger partial charge in [-0.15, -0.1) is 0 Å². The van der Waals surface area contributed by atoms with Gasteiger partial charge in [0.1, 0.15) is 0 Å². The quantitative estimate of drug-likeness (QED) is 0.919. The van der Waals surface area contributed by atoms with E-state index in [1.807, 2.05) is 23.9 Å². The van der Waals surface area contributed by atoms with Crippen LogP contribution in [0.2, 0.25) is 5.02 Å². The Labute approximate surface area is 112 Å². The first-order chi connectivity index (χ1) is 8.66. The first-order valence-corrected chi connectivity index (χ1v) is 6.88. The fourth-order valence-corrected chi connectivity index (χ4v) is 2.78. The molecule has 2 aromatic rings. The maximum atomic E-state index is 6.28. The Morgan fingerprint density at radius 2 is 2.28 bits per heavy atom. The van der Waals surface area contributed by atoms with Gasteiger partial charge in [-0.1, -0.05) is 17.7 Å². The maximum Gasteiger partial charge on any atom is 0.0856 e. The molecule has 1 aromatic heterocycles. The summed E-state index contributed by atoms with van der Waals surface area (Å²) in [5.74, 6) is 0.857. The molecule has 1 aromatic carbocycles. The Bertz CT molecular complexity index is 572. The van der Waals surface area contributed by atoms with Gasteiger partial charge in [0.15, 0.2) is 0 Å². The summed E-state index contributed by atoms with van der Waals surface area (Å²) in [4.78, 5) is 0. The molecule has 1 atom stereocenters. The van der Waals surface area contributed by atoms with Crippen molar-refractivity contribution in [3.8, 4) is 0 Å². The fraction of sp³-hybridized carbons (Fsp3) is 0.500. The number of hydrogen-bond acceptors (Lipinski definition) is 2. The number of rotatable bonds is 4. The van der Waals surface area contributed by atoms with E-state index in [9.17, 15) is 0 Å². The summed E-state index contributed by atoms with van der Waals surface area (Å²) in [6, 6.07) is 6.53. The van der Waals surface area contributed by atoms with Crippen molar-refractivity contribution in [2.45, 2.75) is 32.4 Å². The SMILES string of the molecule is C[C@@H](NCc1nn(C)c2cccc(Cl)c12)C1CC1. The fourth-order valence-electron chi connectivity index (χ4n) is 2.50. The minimum atomic E-state index is 0.574. The second kappa shape index (κ2) is 4.56. The molecular weight excluding hydrogens is 246 g/mol. The monoisotopic (exact) mass is 263 g/mol. The van der Waals surface area contributed by atoms with Crippen LogP contribution in [-0.2, 0) is 13.6 Å². The second-order valence-electron chi connectivity index (χ2n) is 5.21. The van der Waals surface area contributed by atoms with Gasteiger partial charge in [0.25, 0.3) is 0 Å². The summed E-state index contributed by atoms with van der Waals surface area (Å²) in [5.41, 5.74) is 2.14. The van der Waals surface area contributed by atoms with E-state index in [1.165, 1.54) is 12.8 Å². The molecule has 1 heterocycles. The molecule has 0 aliphatic heterocycles. The molecule has 18 heavy (non-hydrogen) atoms. The summed E-state index contributed by atoms with van der Waals surface area (Å²) >= 11 is 6.28. The molecule has 0 amide bonds. The number of halogens is 1. The highest BCUT2D eigenvalue weighted by molar-refractivity contribution is 6.35. The van der Waals surface area contributed by atoms with E-state index in [1.54, 1.807) is 0 Å². The molecule has 3 rings (SSSR count). The van der Waals surface area contributed by atoms with Gasteiger partial charge in [0.2, 0.25) is 0 Å². The molecule has 0 bridgehead atoms. The van der Waals surface area contributed by atoms with E-state index >= 15 is 0 Å². The second-order valence-corrected chi connectivity index (χ2v) is 5.62. The van der Waals surface area contributed by atoms with Crippen molar-refractivity contribution in [3.05, 3.63) is 28.9 Å². The van der Waals surface area contributed by atoms with Gasteiger partial charge in [-0.2, -0.15) is 5.10 Å². The lowest BCUT2D eigenvalue weighted by atomic mass is 10.2. The highest BCUT2D eigenvalue weighted by Gasteiger charge is 2.27. The average Bonchev–Trinajstić information content (AvgIpc) is 3.14. The van der Waals surface area contributed by atoms with E-state index in [2.05, 4.69) is 23.4 Å². The predicted octanol–water partition coefficient (Wildman–Crippen LogP) is 3.11. The standard InChI is InChI=1S/C14H18ClN3/c1-9(10-6-7-10)16-8-12-14-11(15)4-3-5-13(14)18(2)17-12/h3-5,9-10,16H,6-8H2,1-2H3/t9-/m1/s1. The molecule has 1 N–H and O–H groups in total. The number of aromatic nitrogens is 2. The third-order valence-corrected chi connectivity index (χ3v) is 4.14. The smallest absolute Gasteiger partial charge is 0.0856 e. The lowest BCUT2D eigenvalue weighted by Crippen LogP contribution is -2.27. The number of nitrogens with zero attached hydrogens (tertiary/aromatic N) is 2. The zero-order chi connectivity index (χ0) is 12.7. The first kappa shape index (κ1) is 12.0. The van der Waals surface area contributed by atoms with Crippen molar-refractivity contribution in [1.29, 1.82) is 0 Å². The highest BCUT2D eigenvalue weighted by atomic mass is 35.5. The van der Waals surface area contributed by atoms with Crippen LogP contribution in [0.1, 0.15) is 25.5 Å². The maximum absolute atomic E-state index is 6.28. The summed E-state index contributed by atoms with van der Waals surface area (Å²) < 4.78 is 1.90. The normalized spacial score (nSPS) is 17.3. The van der Waals surface area contributed by atoms with E-state index in [-0.39, 0.29) is 0 Å². The van der Waals surface area contributed by atoms with Gasteiger partial charge in [-0.25, -0.2) is 0 Å². The van der Waals surface area contributed by atoms with E-state index in [0.717, 1.165) is 34.1 Å². The molecule has 0 unspecified atom stereocenters. The molecule has 3 nitrogen and oxygen atoms in total. The number of aryl methyl sites for hydroxylation is 1. The van der Waals surface area contributed by atoms with Crippen molar-refractivity contribution < 1.29 is 0 Å². The van der Waals surface area contributed by atoms with Crippen LogP contribution in [0.25, 0.3) is 10.9 Å². The van der Waals surface area contributed by atoms with E-state index in [0.29, 0.717) is 6.04 Å². The summed E-state index contributed by atoms with van der Waals surface area (Å²) in [6.45, 7) is 3.04. The molecule has 0 saturated heterocycles. The molecular formula is C14H18ClN3. The highest BCUT2D eigenvalue weighted by Crippen LogP contribution is 2.33. The van der Waals surface area contributed by atoms with Crippen LogP contribution in [0, 0.1) is 5.92 Å². The number of hydrogen-bond donors (Lipinski definition) is 1. The molecule has 4 heteroatoms. The zero-order valence-corrected chi connectivity index (χ0v) is 11.5. The van der Waals surface area contributed by atoms with Gasteiger partial charge in [0.05, 0.1) is 16.2 Å². The molecule has 1 saturated carbocycles. The van der Waals surface area contributed by atoms with Gasteiger partial charge >= 0.3 is 0 Å². The summed E-state index contributed by atoms with van der Waals surface area (Å²) in [5, 5.41) is 10.0. The Hall–Kier alpha value is -1.06. The van der Waals surface area contributed by atoms with Crippen LogP contribution in [0.4, 0.5) is 0 Å². The molecule has 0 radical (unpaired) electrons. The molecule has 1 aliphatic rings. The van der Waals surface area contributed by atoms with Crippen molar-refractivity contribution in [3.63, 3.8) is 0 Å². The number of nitrogens with one attached hydrogen (secondary N) is 1. The van der Waals surface area contributed by atoms with Crippen LogP contribution in [0.3, 0.4) is 0 Å². The van der Waals surface area contributed by atoms with Crippen LogP contribution in [0.5, 0.6) is 0 Å². The van der Waals surface area contributed by atoms with Gasteiger partial charge in [-0.05, 0) is 37.8 Å². The Balaban J connectivity index is 1.86. The molecule has 1 aliphatic carbocycles. The van der Waals surface area contributed by atoms with Crippen LogP contribution < -0.4 is 5.32 Å². The van der Waals surface area contributed by atoms with Gasteiger partial charge < -0.3 is 5.32 Å². The Kier molecular flexibility index (Phi) is 3.04. The summed E-state index contributed by atoms with van der Waals surface area (Å²) in [6.07, 6.45) is 2.72. The Morgan fingerprint density at radius 3 is 3.00 bits per heavy atom. The molecule has 96 valence electrons. The third-order valence-electron chi connectivity index (χ3n) is 3.82. The van der Waals surface area contributed by atoms with Crippen LogP contribution >= 0.6 is 11.6 Å². The van der Waals surface area contributed by atoms with Gasteiger partial charge in [-0.3, -0.25) is 4.68 Å². The largest absolute Gasteiger partial charge is 0.308 e. The summed E-state index contributed by atoms with van der Waals surface area (Å²) in [7, 11) is 1.96. The molecule has 0 spiro atoms. The Morgan fingerprint density at radius 1 is 1.50 bits per heavy atom. The van der Waals surface area contributed by atoms with Crippen molar-refractivity contribution in [2.75, 3.05) is 0 Å². The minimum Gasteiger partial charge on any atom is -0.308 e. The molecule has 1 fully saturated rings. The topological polar surface area (TPSA) is 29.9 Å². The number of benzene rings is 1.